The van der Waals surface area contributed by atoms with E-state index in [1.807, 2.05) is 24.3 Å². The van der Waals surface area contributed by atoms with Crippen LogP contribution in [-0.4, -0.2) is 12.4 Å². The van der Waals surface area contributed by atoms with E-state index in [2.05, 4.69) is 6.07 Å². The standard InChI is InChI=1S/C10H10FNS/c11-5-7-13-10-3-1-2-9(8-10)4-6-12/h1-3,8H,4-5,7H2. The lowest BCUT2D eigenvalue weighted by Crippen LogP contribution is -1.84. The topological polar surface area (TPSA) is 23.8 Å². The first-order valence-electron chi connectivity index (χ1n) is 4.01. The van der Waals surface area contributed by atoms with Crippen LogP contribution in [0.5, 0.6) is 0 Å². The fraction of sp³-hybridized carbons (Fsp3) is 0.300. The second-order valence-electron chi connectivity index (χ2n) is 2.52. The lowest BCUT2D eigenvalue weighted by Gasteiger charge is -2.00. The molecule has 0 aliphatic carbocycles. The molecule has 0 radical (unpaired) electrons. The average molecular weight is 195 g/mol. The van der Waals surface area contributed by atoms with Crippen molar-refractivity contribution in [3.05, 3.63) is 29.8 Å². The Morgan fingerprint density at radius 3 is 3.00 bits per heavy atom. The fourth-order valence-corrected chi connectivity index (χ4v) is 1.72. The van der Waals surface area contributed by atoms with Crippen LogP contribution in [0.2, 0.25) is 0 Å². The minimum Gasteiger partial charge on any atom is -0.250 e. The van der Waals surface area contributed by atoms with Crippen LogP contribution in [0.1, 0.15) is 5.56 Å². The molecular weight excluding hydrogens is 185 g/mol. The van der Waals surface area contributed by atoms with Crippen LogP contribution in [0.4, 0.5) is 4.39 Å². The summed E-state index contributed by atoms with van der Waals surface area (Å²) < 4.78 is 11.9. The van der Waals surface area contributed by atoms with Crippen LogP contribution in [-0.2, 0) is 6.42 Å². The highest BCUT2D eigenvalue weighted by atomic mass is 32.2. The maximum Gasteiger partial charge on any atom is 0.0988 e. The van der Waals surface area contributed by atoms with Crippen molar-refractivity contribution in [2.24, 2.45) is 0 Å². The number of halogens is 1. The summed E-state index contributed by atoms with van der Waals surface area (Å²) in [5.41, 5.74) is 0.992. The van der Waals surface area contributed by atoms with Gasteiger partial charge in [-0.2, -0.15) is 5.26 Å². The zero-order chi connectivity index (χ0) is 9.52. The van der Waals surface area contributed by atoms with Crippen molar-refractivity contribution in [1.29, 1.82) is 5.26 Å². The van der Waals surface area contributed by atoms with Gasteiger partial charge in [0, 0.05) is 10.6 Å². The van der Waals surface area contributed by atoms with Crippen molar-refractivity contribution in [2.75, 3.05) is 12.4 Å². The number of nitrogens with zero attached hydrogens (tertiary/aromatic N) is 1. The molecule has 1 aromatic rings. The molecular formula is C10H10FNS. The van der Waals surface area contributed by atoms with Crippen LogP contribution in [0.25, 0.3) is 0 Å². The molecule has 0 amide bonds. The average Bonchev–Trinajstić information content (AvgIpc) is 2.16. The molecule has 1 nitrogen and oxygen atoms in total. The number of nitriles is 1. The quantitative estimate of drug-likeness (QED) is 0.690. The lowest BCUT2D eigenvalue weighted by atomic mass is 10.2. The van der Waals surface area contributed by atoms with Crippen LogP contribution < -0.4 is 0 Å². The highest BCUT2D eigenvalue weighted by Gasteiger charge is 1.95. The van der Waals surface area contributed by atoms with Gasteiger partial charge in [0.1, 0.15) is 0 Å². The molecule has 0 aromatic heterocycles. The van der Waals surface area contributed by atoms with E-state index in [-0.39, 0.29) is 6.67 Å². The molecule has 0 heterocycles. The summed E-state index contributed by atoms with van der Waals surface area (Å²) in [6.45, 7) is -0.312. The minimum atomic E-state index is -0.312. The minimum absolute atomic E-state index is 0.312. The van der Waals surface area contributed by atoms with Gasteiger partial charge in [-0.05, 0) is 17.7 Å². The summed E-state index contributed by atoms with van der Waals surface area (Å²) in [6, 6.07) is 9.75. The third kappa shape index (κ3) is 3.47. The number of benzene rings is 1. The first-order chi connectivity index (χ1) is 6.36. The van der Waals surface area contributed by atoms with Crippen molar-refractivity contribution < 1.29 is 4.39 Å². The van der Waals surface area contributed by atoms with E-state index in [1.165, 1.54) is 11.8 Å². The highest BCUT2D eigenvalue weighted by molar-refractivity contribution is 7.99. The molecule has 0 spiro atoms. The van der Waals surface area contributed by atoms with Crippen LogP contribution >= 0.6 is 11.8 Å². The van der Waals surface area contributed by atoms with E-state index in [1.54, 1.807) is 0 Å². The Labute approximate surface area is 81.6 Å². The number of rotatable bonds is 4. The number of hydrogen-bond acceptors (Lipinski definition) is 2. The van der Waals surface area contributed by atoms with Gasteiger partial charge in [0.2, 0.25) is 0 Å². The Morgan fingerprint density at radius 2 is 2.31 bits per heavy atom. The zero-order valence-electron chi connectivity index (χ0n) is 7.16. The normalized spacial score (nSPS) is 9.54. The molecule has 68 valence electrons. The molecule has 0 N–H and O–H groups in total. The molecule has 0 saturated heterocycles. The van der Waals surface area contributed by atoms with Gasteiger partial charge in [-0.25, -0.2) is 0 Å². The second-order valence-corrected chi connectivity index (χ2v) is 3.69. The monoisotopic (exact) mass is 195 g/mol. The maximum absolute atomic E-state index is 11.9. The predicted octanol–water partition coefficient (Wildman–Crippen LogP) is 2.81. The number of alkyl halides is 1. The Hall–Kier alpha value is -1.01. The SMILES string of the molecule is N#CCc1cccc(SCCF)c1. The van der Waals surface area contributed by atoms with Crippen molar-refractivity contribution >= 4 is 11.8 Å². The third-order valence-electron chi connectivity index (χ3n) is 1.53. The molecule has 3 heteroatoms. The van der Waals surface area contributed by atoms with Crippen molar-refractivity contribution in [2.45, 2.75) is 11.3 Å². The predicted molar refractivity (Wildman–Crippen MR) is 52.5 cm³/mol. The largest absolute Gasteiger partial charge is 0.250 e. The summed E-state index contributed by atoms with van der Waals surface area (Å²) in [5.74, 6) is 0.482. The molecule has 0 saturated carbocycles. The van der Waals surface area contributed by atoms with Gasteiger partial charge in [0.25, 0.3) is 0 Å². The highest BCUT2D eigenvalue weighted by Crippen LogP contribution is 2.18. The molecule has 1 aromatic carbocycles. The molecule has 0 aliphatic rings. The first kappa shape index (κ1) is 10.1. The van der Waals surface area contributed by atoms with E-state index in [4.69, 9.17) is 5.26 Å². The third-order valence-corrected chi connectivity index (χ3v) is 2.47. The van der Waals surface area contributed by atoms with E-state index in [0.29, 0.717) is 12.2 Å². The molecule has 0 unspecified atom stereocenters. The summed E-state index contributed by atoms with van der Waals surface area (Å²) in [6.07, 6.45) is 0.421. The van der Waals surface area contributed by atoms with E-state index in [0.717, 1.165) is 10.5 Å². The molecule has 0 fully saturated rings. The van der Waals surface area contributed by atoms with E-state index >= 15 is 0 Å². The maximum atomic E-state index is 11.9. The molecule has 0 bridgehead atoms. The Bertz CT molecular complexity index is 306. The smallest absolute Gasteiger partial charge is 0.0988 e. The van der Waals surface area contributed by atoms with Crippen LogP contribution in [0.15, 0.2) is 29.2 Å². The van der Waals surface area contributed by atoms with E-state index < -0.39 is 0 Å². The second kappa shape index (κ2) is 5.60. The van der Waals surface area contributed by atoms with Gasteiger partial charge in [0.15, 0.2) is 0 Å². The van der Waals surface area contributed by atoms with Gasteiger partial charge in [-0.3, -0.25) is 4.39 Å². The van der Waals surface area contributed by atoms with Gasteiger partial charge in [0.05, 0.1) is 19.2 Å². The molecule has 0 aliphatic heterocycles. The number of thioether (sulfide) groups is 1. The molecule has 0 atom stereocenters. The molecule has 13 heavy (non-hydrogen) atoms. The summed E-state index contributed by atoms with van der Waals surface area (Å²) in [4.78, 5) is 1.03. The molecule has 1 rings (SSSR count). The van der Waals surface area contributed by atoms with Crippen LogP contribution in [0.3, 0.4) is 0 Å². The van der Waals surface area contributed by atoms with Gasteiger partial charge in [-0.1, -0.05) is 12.1 Å². The Balaban J connectivity index is 2.63. The van der Waals surface area contributed by atoms with Gasteiger partial charge >= 0.3 is 0 Å². The first-order valence-corrected chi connectivity index (χ1v) is 5.00. The van der Waals surface area contributed by atoms with Gasteiger partial charge < -0.3 is 0 Å². The lowest BCUT2D eigenvalue weighted by molar-refractivity contribution is 0.533. The van der Waals surface area contributed by atoms with Gasteiger partial charge in [-0.15, -0.1) is 11.8 Å². The zero-order valence-corrected chi connectivity index (χ0v) is 7.98. The van der Waals surface area contributed by atoms with E-state index in [9.17, 15) is 4.39 Å². The van der Waals surface area contributed by atoms with Crippen molar-refractivity contribution in [3.8, 4) is 6.07 Å². The Morgan fingerprint density at radius 1 is 1.46 bits per heavy atom. The summed E-state index contributed by atoms with van der Waals surface area (Å²) >= 11 is 1.48. The van der Waals surface area contributed by atoms with Crippen molar-refractivity contribution in [3.63, 3.8) is 0 Å². The summed E-state index contributed by atoms with van der Waals surface area (Å²) in [5, 5.41) is 8.47. The summed E-state index contributed by atoms with van der Waals surface area (Å²) in [7, 11) is 0. The fourth-order valence-electron chi connectivity index (χ4n) is 0.993. The van der Waals surface area contributed by atoms with Crippen molar-refractivity contribution in [1.82, 2.24) is 0 Å². The number of hydrogen-bond donors (Lipinski definition) is 0. The Kier molecular flexibility index (Phi) is 4.34. The van der Waals surface area contributed by atoms with Crippen LogP contribution in [0, 0.1) is 11.3 Å².